The summed E-state index contributed by atoms with van der Waals surface area (Å²) >= 11 is 0. The van der Waals surface area contributed by atoms with Gasteiger partial charge in [0.25, 0.3) is 5.69 Å². The number of nitrogens with zero attached hydrogens (tertiary/aromatic N) is 2. The summed E-state index contributed by atoms with van der Waals surface area (Å²) < 4.78 is 0. The van der Waals surface area contributed by atoms with Gasteiger partial charge in [0.05, 0.1) is 11.0 Å². The summed E-state index contributed by atoms with van der Waals surface area (Å²) in [6, 6.07) is 2.61. The molecule has 7 nitrogen and oxygen atoms in total. The lowest BCUT2D eigenvalue weighted by molar-refractivity contribution is -0.384. The number of nitro groups is 1. The molecule has 7 heteroatoms. The van der Waals surface area contributed by atoms with Crippen molar-refractivity contribution >= 4 is 17.4 Å². The van der Waals surface area contributed by atoms with E-state index in [0.717, 1.165) is 0 Å². The van der Waals surface area contributed by atoms with Crippen LogP contribution in [0.2, 0.25) is 0 Å². The molecule has 92 valence electrons. The zero-order valence-corrected chi connectivity index (χ0v) is 9.64. The number of pyridine rings is 1. The number of carbonyl (C=O) groups excluding carboxylic acids is 1. The van der Waals surface area contributed by atoms with Crippen LogP contribution in [0.4, 0.5) is 11.5 Å². The SMILES string of the molecule is CC(C)(CC(N)=O)Nc1cc([N+](=O)[O-])ccn1. The van der Waals surface area contributed by atoms with E-state index in [1.807, 2.05) is 0 Å². The monoisotopic (exact) mass is 238 g/mol. The summed E-state index contributed by atoms with van der Waals surface area (Å²) in [6.07, 6.45) is 1.44. The highest BCUT2D eigenvalue weighted by molar-refractivity contribution is 5.75. The lowest BCUT2D eigenvalue weighted by atomic mass is 10.0. The van der Waals surface area contributed by atoms with Crippen LogP contribution in [-0.2, 0) is 4.79 Å². The maximum atomic E-state index is 10.8. The number of hydrogen-bond donors (Lipinski definition) is 2. The molecule has 1 amide bonds. The number of amides is 1. The molecule has 1 aromatic heterocycles. The average Bonchev–Trinajstić information content (AvgIpc) is 2.14. The lowest BCUT2D eigenvalue weighted by Gasteiger charge is -2.25. The maximum absolute atomic E-state index is 10.8. The van der Waals surface area contributed by atoms with Gasteiger partial charge in [-0.3, -0.25) is 14.9 Å². The van der Waals surface area contributed by atoms with Crippen LogP contribution in [-0.4, -0.2) is 21.4 Å². The van der Waals surface area contributed by atoms with Gasteiger partial charge in [-0.15, -0.1) is 0 Å². The Morgan fingerprint density at radius 2 is 2.29 bits per heavy atom. The minimum atomic E-state index is -0.603. The number of anilines is 1. The number of rotatable bonds is 5. The van der Waals surface area contributed by atoms with E-state index in [1.54, 1.807) is 13.8 Å². The zero-order chi connectivity index (χ0) is 13.1. The quantitative estimate of drug-likeness (QED) is 0.588. The number of aromatic nitrogens is 1. The Morgan fingerprint density at radius 1 is 1.65 bits per heavy atom. The van der Waals surface area contributed by atoms with E-state index in [1.165, 1.54) is 18.3 Å². The summed E-state index contributed by atoms with van der Waals surface area (Å²) in [5.74, 6) is -0.113. The van der Waals surface area contributed by atoms with Gasteiger partial charge in [0.2, 0.25) is 5.91 Å². The Bertz CT molecular complexity index is 445. The van der Waals surface area contributed by atoms with Crippen molar-refractivity contribution in [2.75, 3.05) is 5.32 Å². The molecule has 0 fully saturated rings. The van der Waals surface area contributed by atoms with Crippen molar-refractivity contribution in [3.8, 4) is 0 Å². The van der Waals surface area contributed by atoms with Crippen LogP contribution in [0.3, 0.4) is 0 Å². The highest BCUT2D eigenvalue weighted by Gasteiger charge is 2.21. The molecule has 3 N–H and O–H groups in total. The van der Waals surface area contributed by atoms with Crippen LogP contribution in [0.15, 0.2) is 18.3 Å². The van der Waals surface area contributed by atoms with Crippen LogP contribution in [0.1, 0.15) is 20.3 Å². The van der Waals surface area contributed by atoms with Crippen LogP contribution in [0, 0.1) is 10.1 Å². The van der Waals surface area contributed by atoms with Crippen molar-refractivity contribution in [3.05, 3.63) is 28.4 Å². The molecule has 0 unspecified atom stereocenters. The average molecular weight is 238 g/mol. The van der Waals surface area contributed by atoms with Crippen LogP contribution < -0.4 is 11.1 Å². The lowest BCUT2D eigenvalue weighted by Crippen LogP contribution is -2.36. The Hall–Kier alpha value is -2.18. The molecule has 1 aromatic rings. The normalized spacial score (nSPS) is 10.9. The van der Waals surface area contributed by atoms with E-state index in [-0.39, 0.29) is 12.1 Å². The predicted octanol–water partition coefficient (Wildman–Crippen LogP) is 1.06. The van der Waals surface area contributed by atoms with Crippen LogP contribution in [0.25, 0.3) is 0 Å². The minimum absolute atomic E-state index is 0.0580. The van der Waals surface area contributed by atoms with Gasteiger partial charge < -0.3 is 11.1 Å². The molecular weight excluding hydrogens is 224 g/mol. The second-order valence-corrected chi connectivity index (χ2v) is 4.31. The zero-order valence-electron chi connectivity index (χ0n) is 9.64. The number of carbonyl (C=O) groups is 1. The molecule has 0 spiro atoms. The van der Waals surface area contributed by atoms with Crippen LogP contribution >= 0.6 is 0 Å². The third kappa shape index (κ3) is 4.06. The van der Waals surface area contributed by atoms with E-state index in [4.69, 9.17) is 5.73 Å². The number of hydrogen-bond acceptors (Lipinski definition) is 5. The molecule has 1 heterocycles. The minimum Gasteiger partial charge on any atom is -0.370 e. The third-order valence-corrected chi connectivity index (χ3v) is 2.04. The number of primary amides is 1. The van der Waals surface area contributed by atoms with Crippen LogP contribution in [0.5, 0.6) is 0 Å². The van der Waals surface area contributed by atoms with Crippen molar-refractivity contribution < 1.29 is 9.72 Å². The molecule has 1 rings (SSSR count). The molecule has 0 radical (unpaired) electrons. The molecule has 0 aromatic carbocycles. The first kappa shape index (κ1) is 12.9. The van der Waals surface area contributed by atoms with E-state index < -0.39 is 16.4 Å². The van der Waals surface area contributed by atoms with Gasteiger partial charge in [-0.2, -0.15) is 0 Å². The topological polar surface area (TPSA) is 111 Å². The van der Waals surface area contributed by atoms with Crippen molar-refractivity contribution in [1.29, 1.82) is 0 Å². The summed E-state index contributed by atoms with van der Waals surface area (Å²) in [6.45, 7) is 3.52. The van der Waals surface area contributed by atoms with Gasteiger partial charge in [0.1, 0.15) is 5.82 Å². The van der Waals surface area contributed by atoms with E-state index in [0.29, 0.717) is 5.82 Å². The number of nitrogens with two attached hydrogens (primary N) is 1. The molecule has 0 bridgehead atoms. The summed E-state index contributed by atoms with van der Waals surface area (Å²) in [5.41, 5.74) is 4.44. The summed E-state index contributed by atoms with van der Waals surface area (Å²) in [5, 5.41) is 13.5. The Balaban J connectivity index is 2.84. The first-order valence-electron chi connectivity index (χ1n) is 4.97. The van der Waals surface area contributed by atoms with Gasteiger partial charge in [-0.25, -0.2) is 4.98 Å². The highest BCUT2D eigenvalue weighted by Crippen LogP contribution is 2.19. The Kier molecular flexibility index (Phi) is 3.62. The first-order valence-corrected chi connectivity index (χ1v) is 4.97. The molecule has 0 saturated heterocycles. The van der Waals surface area contributed by atoms with Crippen molar-refractivity contribution in [3.63, 3.8) is 0 Å². The molecule has 0 atom stereocenters. The smallest absolute Gasteiger partial charge is 0.274 e. The van der Waals surface area contributed by atoms with E-state index >= 15 is 0 Å². The molecule has 0 aliphatic carbocycles. The fraction of sp³-hybridized carbons (Fsp3) is 0.400. The predicted molar refractivity (Wildman–Crippen MR) is 62.4 cm³/mol. The highest BCUT2D eigenvalue weighted by atomic mass is 16.6. The van der Waals surface area contributed by atoms with Crippen molar-refractivity contribution in [1.82, 2.24) is 4.98 Å². The second kappa shape index (κ2) is 4.77. The summed E-state index contributed by atoms with van der Waals surface area (Å²) in [7, 11) is 0. The molecule has 0 aliphatic rings. The van der Waals surface area contributed by atoms with Crippen molar-refractivity contribution in [2.45, 2.75) is 25.8 Å². The fourth-order valence-corrected chi connectivity index (χ4v) is 1.43. The standard InChI is InChI=1S/C10H14N4O3/c1-10(2,6-8(11)15)13-9-5-7(14(16)17)3-4-12-9/h3-5H,6H2,1-2H3,(H2,11,15)(H,12,13). The maximum Gasteiger partial charge on any atom is 0.274 e. The number of nitrogens with one attached hydrogen (secondary N) is 1. The third-order valence-electron chi connectivity index (χ3n) is 2.04. The van der Waals surface area contributed by atoms with Gasteiger partial charge in [0, 0.05) is 24.2 Å². The van der Waals surface area contributed by atoms with Gasteiger partial charge >= 0.3 is 0 Å². The van der Waals surface area contributed by atoms with Gasteiger partial charge in [-0.05, 0) is 13.8 Å². The second-order valence-electron chi connectivity index (χ2n) is 4.31. The molecular formula is C10H14N4O3. The molecule has 0 saturated carbocycles. The van der Waals surface area contributed by atoms with Crippen molar-refractivity contribution in [2.24, 2.45) is 5.73 Å². The van der Waals surface area contributed by atoms with Gasteiger partial charge in [0.15, 0.2) is 0 Å². The molecule has 0 aliphatic heterocycles. The van der Waals surface area contributed by atoms with Gasteiger partial charge in [-0.1, -0.05) is 0 Å². The summed E-state index contributed by atoms with van der Waals surface area (Å²) in [4.78, 5) is 24.8. The Labute approximate surface area is 98.2 Å². The first-order chi connectivity index (χ1) is 7.80. The fourth-order valence-electron chi connectivity index (χ4n) is 1.43. The largest absolute Gasteiger partial charge is 0.370 e. The van der Waals surface area contributed by atoms with E-state index in [9.17, 15) is 14.9 Å². The van der Waals surface area contributed by atoms with E-state index in [2.05, 4.69) is 10.3 Å². The Morgan fingerprint density at radius 3 is 2.82 bits per heavy atom. The molecule has 17 heavy (non-hydrogen) atoms.